The molecule has 4 atom stereocenters. The zero-order valence-corrected chi connectivity index (χ0v) is 44.0. The third-order valence-corrected chi connectivity index (χ3v) is 15.9. The first kappa shape index (κ1) is 54.3. The van der Waals surface area contributed by atoms with Crippen LogP contribution >= 0.6 is 0 Å². The Bertz CT molecular complexity index is 2880. The molecular formula is C50H68F2N14O6S. The van der Waals surface area contributed by atoms with Crippen LogP contribution in [0.1, 0.15) is 82.9 Å². The minimum atomic E-state index is -3.86. The Hall–Kier alpha value is -6.43. The molecule has 2 saturated heterocycles. The summed E-state index contributed by atoms with van der Waals surface area (Å²) in [6.45, 7) is 20.4. The molecule has 6 N–H and O–H groups in total. The minimum Gasteiger partial charge on any atom is -0.492 e. The molecule has 2 fully saturated rings. The molecule has 3 aromatic heterocycles. The SMILES string of the molecule is CN[C@@H](C)CN[C@H](C(=O)N1C[C@@H](NC(=O)c2cnc(N3CCN(CCCOc4cc5ncnc(Nc6n[nH]c(C)c6C)c5cc4S(=O)(=O)C(C)(C)C)CC3)nc2)C[C@H]1C(=O)Nc1c(F)cccc1F)C(C)(C)C. The molecule has 2 aliphatic rings. The summed E-state index contributed by atoms with van der Waals surface area (Å²) in [6, 6.07) is 3.92. The second kappa shape index (κ2) is 22.4. The zero-order valence-electron chi connectivity index (χ0n) is 43.2. The van der Waals surface area contributed by atoms with E-state index in [1.807, 2.05) is 53.5 Å². The summed E-state index contributed by atoms with van der Waals surface area (Å²) in [5, 5.41) is 22.7. The normalized spacial score (nSPS) is 17.6. The zero-order chi connectivity index (χ0) is 53.0. The maximum Gasteiger partial charge on any atom is 0.254 e. The number of likely N-dealkylation sites (tertiary alicyclic amines) is 1. The first-order valence-corrected chi connectivity index (χ1v) is 26.0. The number of anilines is 4. The summed E-state index contributed by atoms with van der Waals surface area (Å²) in [5.41, 5.74) is 1.28. The number of halogens is 2. The lowest BCUT2D eigenvalue weighted by molar-refractivity contribution is -0.140. The number of likely N-dealkylation sites (N-methyl/N-ethyl adjacent to an activating group) is 1. The first-order chi connectivity index (χ1) is 34.5. The summed E-state index contributed by atoms with van der Waals surface area (Å²) in [7, 11) is -2.05. The van der Waals surface area contributed by atoms with Gasteiger partial charge in [0.1, 0.15) is 46.2 Å². The van der Waals surface area contributed by atoms with Gasteiger partial charge in [0.25, 0.3) is 5.91 Å². The van der Waals surface area contributed by atoms with E-state index in [9.17, 15) is 31.6 Å². The fourth-order valence-corrected chi connectivity index (χ4v) is 9.95. The topological polar surface area (TPSA) is 245 Å². The Kier molecular flexibility index (Phi) is 16.6. The highest BCUT2D eigenvalue weighted by Gasteiger charge is 2.45. The van der Waals surface area contributed by atoms with Crippen molar-refractivity contribution in [2.75, 3.05) is 75.0 Å². The molecule has 2 aliphatic heterocycles. The quantitative estimate of drug-likeness (QED) is 0.0640. The van der Waals surface area contributed by atoms with E-state index in [4.69, 9.17) is 4.74 Å². The van der Waals surface area contributed by atoms with Crippen molar-refractivity contribution in [3.05, 3.63) is 77.5 Å². The Morgan fingerprint density at radius 3 is 2.25 bits per heavy atom. The highest BCUT2D eigenvalue weighted by atomic mass is 32.2. The molecule has 3 amide bonds. The van der Waals surface area contributed by atoms with Gasteiger partial charge in [0.2, 0.25) is 17.8 Å². The third-order valence-electron chi connectivity index (χ3n) is 13.4. The number of carbonyl (C=O) groups is 3. The number of fused-ring (bicyclic) bond motifs is 1. The number of rotatable bonds is 18. The molecule has 2 aromatic carbocycles. The number of carbonyl (C=O) groups excluding carboxylic acids is 3. The van der Waals surface area contributed by atoms with Gasteiger partial charge in [0, 0.05) is 93.0 Å². The number of hydrogen-bond acceptors (Lipinski definition) is 16. The van der Waals surface area contributed by atoms with Crippen LogP contribution in [0.15, 0.2) is 53.9 Å². The van der Waals surface area contributed by atoms with E-state index in [2.05, 4.69) is 61.6 Å². The minimum absolute atomic E-state index is 0.0104. The van der Waals surface area contributed by atoms with Gasteiger partial charge in [-0.25, -0.2) is 37.1 Å². The lowest BCUT2D eigenvalue weighted by atomic mass is 9.85. The number of H-pyrrole nitrogens is 1. The molecule has 73 heavy (non-hydrogen) atoms. The number of aromatic amines is 1. The van der Waals surface area contributed by atoms with Crippen LogP contribution in [-0.2, 0) is 19.4 Å². The van der Waals surface area contributed by atoms with Gasteiger partial charge in [0.15, 0.2) is 15.7 Å². The van der Waals surface area contributed by atoms with Crippen LogP contribution in [0.25, 0.3) is 10.9 Å². The smallest absolute Gasteiger partial charge is 0.254 e. The molecular weight excluding hydrogens is 963 g/mol. The number of hydrogen-bond donors (Lipinski definition) is 6. The number of aromatic nitrogens is 6. The standard InChI is InChI=1S/C50H68F2N14O6S/c1-29(53-10)24-54-42(49(4,5)6)47(69)66-27-33(21-38(66)46(68)60-41-35(51)13-11-14-36(41)52)59-45(67)32-25-55-48(56-26-32)65-18-16-64(17-19-65)15-12-20-72-39-23-37-34(22-40(39)73(70,71)50(7,8)9)44(58-28-57-37)61-43-30(2)31(3)62-63-43/h11,13-14,22-23,25-26,28-29,33,38,42,53-54H,12,15-21,24,27H2,1-10H3,(H,59,67)(H,60,68)(H2,57,58,61,62,63)/t29-,33-,38-,42+/m0/s1. The van der Waals surface area contributed by atoms with E-state index in [1.54, 1.807) is 32.9 Å². The first-order valence-electron chi connectivity index (χ1n) is 24.5. The molecule has 0 spiro atoms. The van der Waals surface area contributed by atoms with Gasteiger partial charge in [-0.05, 0) is 85.0 Å². The molecule has 394 valence electrons. The van der Waals surface area contributed by atoms with Crippen molar-refractivity contribution >= 4 is 61.7 Å². The average Bonchev–Trinajstić information content (AvgIpc) is 3.91. The molecule has 0 unspecified atom stereocenters. The number of nitrogens with zero attached hydrogens (tertiary/aromatic N) is 8. The van der Waals surface area contributed by atoms with Crippen molar-refractivity contribution < 1.29 is 36.3 Å². The second-order valence-electron chi connectivity index (χ2n) is 20.8. The lowest BCUT2D eigenvalue weighted by Gasteiger charge is -2.36. The molecule has 0 radical (unpaired) electrons. The van der Waals surface area contributed by atoms with E-state index in [1.165, 1.54) is 29.7 Å². The van der Waals surface area contributed by atoms with Crippen LogP contribution in [-0.4, -0.2) is 154 Å². The number of ether oxygens (including phenoxy) is 1. The van der Waals surface area contributed by atoms with Gasteiger partial charge in [-0.15, -0.1) is 0 Å². The van der Waals surface area contributed by atoms with Gasteiger partial charge in [-0.2, -0.15) is 5.10 Å². The van der Waals surface area contributed by atoms with Crippen LogP contribution < -0.4 is 36.2 Å². The van der Waals surface area contributed by atoms with Crippen molar-refractivity contribution in [3.63, 3.8) is 0 Å². The Labute approximate surface area is 425 Å². The summed E-state index contributed by atoms with van der Waals surface area (Å²) < 4.78 is 62.3. The maximum absolute atomic E-state index is 14.7. The van der Waals surface area contributed by atoms with Crippen molar-refractivity contribution in [3.8, 4) is 5.75 Å². The van der Waals surface area contributed by atoms with E-state index < -0.39 is 67.3 Å². The number of piperazine rings is 1. The van der Waals surface area contributed by atoms with Gasteiger partial charge in [0.05, 0.1) is 28.5 Å². The summed E-state index contributed by atoms with van der Waals surface area (Å²) in [6.07, 6.45) is 4.87. The van der Waals surface area contributed by atoms with Gasteiger partial charge in [-0.1, -0.05) is 26.8 Å². The van der Waals surface area contributed by atoms with E-state index in [0.29, 0.717) is 74.2 Å². The third kappa shape index (κ3) is 12.5. The predicted octanol–water partition coefficient (Wildman–Crippen LogP) is 4.90. The Morgan fingerprint density at radius 1 is 0.945 bits per heavy atom. The van der Waals surface area contributed by atoms with Gasteiger partial charge in [-0.3, -0.25) is 24.4 Å². The van der Waals surface area contributed by atoms with Crippen molar-refractivity contribution in [1.82, 2.24) is 55.9 Å². The maximum atomic E-state index is 14.7. The van der Waals surface area contributed by atoms with Gasteiger partial charge < -0.3 is 41.1 Å². The number of benzene rings is 2. The van der Waals surface area contributed by atoms with Crippen molar-refractivity contribution in [2.24, 2.45) is 5.41 Å². The largest absolute Gasteiger partial charge is 0.492 e. The van der Waals surface area contributed by atoms with E-state index in [0.717, 1.165) is 23.4 Å². The number of nitrogens with one attached hydrogen (secondary N) is 6. The van der Waals surface area contributed by atoms with Crippen LogP contribution in [0.3, 0.4) is 0 Å². The van der Waals surface area contributed by atoms with Crippen molar-refractivity contribution in [1.29, 1.82) is 0 Å². The molecule has 5 heterocycles. The molecule has 0 aliphatic carbocycles. The molecule has 7 rings (SSSR count). The molecule has 0 saturated carbocycles. The summed E-state index contributed by atoms with van der Waals surface area (Å²) >= 11 is 0. The van der Waals surface area contributed by atoms with Crippen molar-refractivity contribution in [2.45, 2.75) is 109 Å². The average molecular weight is 1030 g/mol. The highest BCUT2D eigenvalue weighted by molar-refractivity contribution is 7.92. The fraction of sp³-hybridized carbons (Fsp3) is 0.520. The molecule has 0 bridgehead atoms. The van der Waals surface area contributed by atoms with Crippen LogP contribution in [0, 0.1) is 30.9 Å². The molecule has 20 nitrogen and oxygen atoms in total. The van der Waals surface area contributed by atoms with Crippen LogP contribution in [0.4, 0.5) is 32.1 Å². The van der Waals surface area contributed by atoms with Gasteiger partial charge >= 0.3 is 0 Å². The summed E-state index contributed by atoms with van der Waals surface area (Å²) in [5.74, 6) is -1.94. The van der Waals surface area contributed by atoms with Crippen LogP contribution in [0.2, 0.25) is 0 Å². The molecule has 5 aromatic rings. The fourth-order valence-electron chi connectivity index (χ4n) is 8.63. The Morgan fingerprint density at radius 2 is 1.63 bits per heavy atom. The molecule has 23 heteroatoms. The number of sulfone groups is 1. The number of aryl methyl sites for hydroxylation is 1. The van der Waals surface area contributed by atoms with E-state index >= 15 is 0 Å². The lowest BCUT2D eigenvalue weighted by Crippen LogP contribution is -2.57. The van der Waals surface area contributed by atoms with Crippen LogP contribution in [0.5, 0.6) is 5.75 Å². The predicted molar refractivity (Wildman–Crippen MR) is 275 cm³/mol. The summed E-state index contributed by atoms with van der Waals surface area (Å²) in [4.78, 5) is 65.3. The monoisotopic (exact) mass is 1030 g/mol. The number of para-hydroxylation sites is 1. The second-order valence-corrected chi connectivity index (χ2v) is 23.5. The van der Waals surface area contributed by atoms with E-state index in [-0.39, 0.29) is 47.7 Å². The number of amides is 3. The Balaban J connectivity index is 0.948. The highest BCUT2D eigenvalue weighted by Crippen LogP contribution is 2.37.